The maximum Gasteiger partial charge on any atom is 0.0381 e. The highest BCUT2D eigenvalue weighted by molar-refractivity contribution is 9.10. The van der Waals surface area contributed by atoms with Crippen LogP contribution in [0, 0.1) is 0 Å². The summed E-state index contributed by atoms with van der Waals surface area (Å²) in [7, 11) is 0. The maximum atomic E-state index is 5.75. The molecule has 72 valence electrons. The molecule has 0 fully saturated rings. The predicted molar refractivity (Wildman–Crippen MR) is 60.9 cm³/mol. The molecular weight excluding hydrogens is 228 g/mol. The van der Waals surface area contributed by atoms with E-state index in [1.54, 1.807) is 0 Å². The molecule has 13 heavy (non-hydrogen) atoms. The van der Waals surface area contributed by atoms with Crippen LogP contribution in [0.4, 0.5) is 5.69 Å². The van der Waals surface area contributed by atoms with Gasteiger partial charge in [-0.3, -0.25) is 0 Å². The van der Waals surface area contributed by atoms with Gasteiger partial charge in [0.15, 0.2) is 0 Å². The summed E-state index contributed by atoms with van der Waals surface area (Å²) in [5.74, 6) is 0. The van der Waals surface area contributed by atoms with E-state index in [4.69, 9.17) is 5.73 Å². The second kappa shape index (κ2) is 4.63. The fraction of sp³-hybridized carbons (Fsp3) is 0.400. The molecule has 3 heteroatoms. The van der Waals surface area contributed by atoms with Gasteiger partial charge in [-0.1, -0.05) is 22.0 Å². The predicted octanol–water partition coefficient (Wildman–Crippen LogP) is 2.60. The lowest BCUT2D eigenvalue weighted by Crippen LogP contribution is -2.35. The first kappa shape index (κ1) is 10.5. The molecule has 1 aromatic rings. The Morgan fingerprint density at radius 3 is 2.62 bits per heavy atom. The van der Waals surface area contributed by atoms with Crippen molar-refractivity contribution in [3.63, 3.8) is 0 Å². The van der Waals surface area contributed by atoms with Crippen LogP contribution in [0.5, 0.6) is 0 Å². The highest BCUT2D eigenvalue weighted by Crippen LogP contribution is 2.16. The van der Waals surface area contributed by atoms with Crippen molar-refractivity contribution in [3.05, 3.63) is 28.7 Å². The molecule has 0 saturated heterocycles. The largest absolute Gasteiger partial charge is 0.381 e. The number of hydrogen-bond donors (Lipinski definition) is 2. The number of rotatable bonds is 3. The summed E-state index contributed by atoms with van der Waals surface area (Å²) in [5, 5.41) is 3.33. The van der Waals surface area contributed by atoms with Crippen LogP contribution in [-0.4, -0.2) is 12.1 Å². The molecule has 2 unspecified atom stereocenters. The van der Waals surface area contributed by atoms with E-state index < -0.39 is 0 Å². The number of nitrogens with two attached hydrogens (primary N) is 1. The lowest BCUT2D eigenvalue weighted by atomic mass is 10.2. The Labute approximate surface area is 87.6 Å². The van der Waals surface area contributed by atoms with Crippen LogP contribution in [0.25, 0.3) is 0 Å². The first-order chi connectivity index (χ1) is 6.09. The third-order valence-corrected chi connectivity index (χ3v) is 2.50. The molecule has 0 bridgehead atoms. The molecule has 0 aliphatic carbocycles. The van der Waals surface area contributed by atoms with Crippen molar-refractivity contribution in [1.29, 1.82) is 0 Å². The monoisotopic (exact) mass is 242 g/mol. The molecule has 0 spiro atoms. The molecule has 0 heterocycles. The number of halogens is 1. The molecule has 0 saturated carbocycles. The van der Waals surface area contributed by atoms with Gasteiger partial charge in [-0.05, 0) is 32.0 Å². The van der Waals surface area contributed by atoms with E-state index in [2.05, 4.69) is 28.2 Å². The van der Waals surface area contributed by atoms with E-state index >= 15 is 0 Å². The molecule has 0 aliphatic rings. The lowest BCUT2D eigenvalue weighted by molar-refractivity contribution is 0.638. The van der Waals surface area contributed by atoms with E-state index in [9.17, 15) is 0 Å². The summed E-state index contributed by atoms with van der Waals surface area (Å²) in [6.45, 7) is 4.07. The van der Waals surface area contributed by atoms with Crippen molar-refractivity contribution in [1.82, 2.24) is 0 Å². The van der Waals surface area contributed by atoms with Gasteiger partial charge in [-0.25, -0.2) is 0 Å². The highest BCUT2D eigenvalue weighted by atomic mass is 79.9. The van der Waals surface area contributed by atoms with Crippen LogP contribution in [0.3, 0.4) is 0 Å². The normalized spacial score (nSPS) is 15.1. The zero-order valence-corrected chi connectivity index (χ0v) is 9.51. The van der Waals surface area contributed by atoms with Crippen LogP contribution in [0.2, 0.25) is 0 Å². The summed E-state index contributed by atoms with van der Waals surface area (Å²) in [6, 6.07) is 8.51. The van der Waals surface area contributed by atoms with Gasteiger partial charge in [0, 0.05) is 22.2 Å². The molecule has 1 aromatic carbocycles. The number of anilines is 1. The molecule has 3 N–H and O–H groups in total. The van der Waals surface area contributed by atoms with Crippen molar-refractivity contribution in [2.45, 2.75) is 25.9 Å². The molecule has 0 aliphatic heterocycles. The Balaban J connectivity index is 2.64. The number of hydrogen-bond acceptors (Lipinski definition) is 2. The van der Waals surface area contributed by atoms with Crippen LogP contribution in [0.15, 0.2) is 28.7 Å². The van der Waals surface area contributed by atoms with E-state index in [-0.39, 0.29) is 12.1 Å². The number of nitrogens with one attached hydrogen (secondary N) is 1. The summed E-state index contributed by atoms with van der Waals surface area (Å²) in [4.78, 5) is 0. The Morgan fingerprint density at radius 1 is 1.38 bits per heavy atom. The fourth-order valence-electron chi connectivity index (χ4n) is 0.973. The molecule has 0 radical (unpaired) electrons. The van der Waals surface area contributed by atoms with Crippen molar-refractivity contribution in [3.8, 4) is 0 Å². The Kier molecular flexibility index (Phi) is 3.75. The van der Waals surface area contributed by atoms with E-state index in [0.29, 0.717) is 0 Å². The van der Waals surface area contributed by atoms with Crippen LogP contribution in [-0.2, 0) is 0 Å². The third-order valence-electron chi connectivity index (χ3n) is 2.01. The molecule has 2 nitrogen and oxygen atoms in total. The Bertz CT molecular complexity index is 273. The van der Waals surface area contributed by atoms with E-state index in [1.165, 1.54) is 0 Å². The zero-order chi connectivity index (χ0) is 9.84. The van der Waals surface area contributed by atoms with Gasteiger partial charge in [-0.2, -0.15) is 0 Å². The van der Waals surface area contributed by atoms with Crippen LogP contribution in [0.1, 0.15) is 13.8 Å². The molecule has 1 rings (SSSR count). The zero-order valence-electron chi connectivity index (χ0n) is 7.92. The minimum Gasteiger partial charge on any atom is -0.381 e. The van der Waals surface area contributed by atoms with E-state index in [0.717, 1.165) is 10.2 Å². The minimum atomic E-state index is 0.152. The molecule has 0 amide bonds. The first-order valence-corrected chi connectivity index (χ1v) is 5.16. The van der Waals surface area contributed by atoms with Gasteiger partial charge >= 0.3 is 0 Å². The summed E-state index contributed by atoms with van der Waals surface area (Å²) in [6.07, 6.45) is 0. The van der Waals surface area contributed by atoms with Crippen LogP contribution >= 0.6 is 15.9 Å². The average molecular weight is 243 g/mol. The first-order valence-electron chi connectivity index (χ1n) is 4.37. The summed E-state index contributed by atoms with van der Waals surface area (Å²) < 4.78 is 1.08. The SMILES string of the molecule is CC(N)C(C)Nc1cccc(Br)c1. The Hall–Kier alpha value is -0.540. The quantitative estimate of drug-likeness (QED) is 0.856. The van der Waals surface area contributed by atoms with Crippen molar-refractivity contribution in [2.24, 2.45) is 5.73 Å². The van der Waals surface area contributed by atoms with Crippen LogP contribution < -0.4 is 11.1 Å². The van der Waals surface area contributed by atoms with Gasteiger partial charge < -0.3 is 11.1 Å². The van der Waals surface area contributed by atoms with Gasteiger partial charge in [-0.15, -0.1) is 0 Å². The summed E-state index contributed by atoms with van der Waals surface area (Å²) >= 11 is 3.42. The highest BCUT2D eigenvalue weighted by Gasteiger charge is 2.06. The van der Waals surface area contributed by atoms with Gasteiger partial charge in [0.2, 0.25) is 0 Å². The lowest BCUT2D eigenvalue weighted by Gasteiger charge is -2.18. The molecule has 0 aromatic heterocycles. The topological polar surface area (TPSA) is 38.0 Å². The Morgan fingerprint density at radius 2 is 2.08 bits per heavy atom. The van der Waals surface area contributed by atoms with Gasteiger partial charge in [0.05, 0.1) is 0 Å². The second-order valence-corrected chi connectivity index (χ2v) is 4.22. The second-order valence-electron chi connectivity index (χ2n) is 3.30. The van der Waals surface area contributed by atoms with Crippen molar-refractivity contribution in [2.75, 3.05) is 5.32 Å². The minimum absolute atomic E-state index is 0.152. The smallest absolute Gasteiger partial charge is 0.0381 e. The van der Waals surface area contributed by atoms with Gasteiger partial charge in [0.25, 0.3) is 0 Å². The van der Waals surface area contributed by atoms with E-state index in [1.807, 2.05) is 31.2 Å². The number of benzene rings is 1. The summed E-state index contributed by atoms with van der Waals surface area (Å²) in [5.41, 5.74) is 6.84. The standard InChI is InChI=1S/C10H15BrN2/c1-7(12)8(2)13-10-5-3-4-9(11)6-10/h3-8,13H,12H2,1-2H3. The fourth-order valence-corrected chi connectivity index (χ4v) is 1.37. The molecule has 2 atom stereocenters. The molecular formula is C10H15BrN2. The van der Waals surface area contributed by atoms with Gasteiger partial charge in [0.1, 0.15) is 0 Å². The van der Waals surface area contributed by atoms with Crippen molar-refractivity contribution < 1.29 is 0 Å². The third kappa shape index (κ3) is 3.36. The maximum absolute atomic E-state index is 5.75. The average Bonchev–Trinajstić information content (AvgIpc) is 2.04. The van der Waals surface area contributed by atoms with Crippen molar-refractivity contribution >= 4 is 21.6 Å².